The maximum atomic E-state index is 12.4. The van der Waals surface area contributed by atoms with E-state index >= 15 is 0 Å². The van der Waals surface area contributed by atoms with Crippen LogP contribution in [0.15, 0.2) is 105 Å². The van der Waals surface area contributed by atoms with Crippen LogP contribution in [0.2, 0.25) is 10.0 Å². The summed E-state index contributed by atoms with van der Waals surface area (Å²) in [5.74, 6) is -0.258. The molecule has 1 aliphatic carbocycles. The minimum atomic E-state index is -4.89. The van der Waals surface area contributed by atoms with Crippen LogP contribution in [-0.4, -0.2) is 32.2 Å². The van der Waals surface area contributed by atoms with Crippen LogP contribution in [0, 0.1) is 0 Å². The van der Waals surface area contributed by atoms with Gasteiger partial charge in [-0.3, -0.25) is 0 Å². The minimum absolute atomic E-state index is 0. The molecule has 51 heavy (non-hydrogen) atoms. The summed E-state index contributed by atoms with van der Waals surface area (Å²) in [6, 6.07) is 24.3. The van der Waals surface area contributed by atoms with Crippen molar-refractivity contribution < 1.29 is 95.9 Å². The molecule has 4 aromatic carbocycles. The third-order valence-electron chi connectivity index (χ3n) is 7.48. The predicted molar refractivity (Wildman–Crippen MR) is 184 cm³/mol. The van der Waals surface area contributed by atoms with Gasteiger partial charge in [-0.15, -0.1) is 0 Å². The molecule has 6 rings (SSSR count). The molecule has 0 amide bonds. The molecule has 4 aromatic rings. The van der Waals surface area contributed by atoms with Gasteiger partial charge in [-0.1, -0.05) is 23.2 Å². The number of fused-ring (bicyclic) bond motifs is 2. The molecule has 0 unspecified atom stereocenters. The number of hydrogen-bond donors (Lipinski definition) is 1. The van der Waals surface area contributed by atoms with Crippen molar-refractivity contribution in [2.45, 2.75) is 18.7 Å². The number of hydrogen-bond acceptors (Lipinski definition) is 10. The Labute approximate surface area is 348 Å². The summed E-state index contributed by atoms with van der Waals surface area (Å²) in [4.78, 5) is 16.6. The first-order valence-corrected chi connectivity index (χ1v) is 17.1. The fourth-order valence-electron chi connectivity index (χ4n) is 5.45. The summed E-state index contributed by atoms with van der Waals surface area (Å²) in [6.45, 7) is 4.44. The zero-order chi connectivity index (χ0) is 34.9. The number of aromatic carboxylic acids is 1. The van der Waals surface area contributed by atoms with Crippen molar-refractivity contribution in [3.8, 4) is 33.9 Å². The minimum Gasteiger partial charge on any atom is -0.744 e. The molecule has 0 bridgehead atoms. The van der Waals surface area contributed by atoms with Crippen LogP contribution in [0.4, 0.5) is 17.1 Å². The summed E-state index contributed by atoms with van der Waals surface area (Å²) in [5, 5.41) is 16.4. The van der Waals surface area contributed by atoms with Crippen molar-refractivity contribution in [2.75, 3.05) is 18.5 Å². The second-order valence-electron chi connectivity index (χ2n) is 10.6. The summed E-state index contributed by atoms with van der Waals surface area (Å²) < 4.78 is 53.7. The Balaban J connectivity index is 0.00000292. The Morgan fingerprint density at radius 1 is 0.824 bits per heavy atom. The summed E-state index contributed by atoms with van der Waals surface area (Å²) in [6.07, 6.45) is 0. The Morgan fingerprint density at radius 2 is 1.49 bits per heavy atom. The van der Waals surface area contributed by atoms with Crippen LogP contribution in [0.1, 0.15) is 24.2 Å². The van der Waals surface area contributed by atoms with Crippen molar-refractivity contribution in [2.24, 2.45) is 4.99 Å². The van der Waals surface area contributed by atoms with E-state index in [-0.39, 0.29) is 104 Å². The number of nitrogens with zero attached hydrogens (tertiary/aromatic N) is 1. The Morgan fingerprint density at radius 3 is 2.16 bits per heavy atom. The molecule has 1 heterocycles. The molecule has 0 saturated heterocycles. The van der Waals surface area contributed by atoms with E-state index in [2.05, 4.69) is 5.32 Å². The summed E-state index contributed by atoms with van der Waals surface area (Å²) in [5.41, 5.74) is 2.06. The fraction of sp³-hybridized carbons (Fsp3) is 0.111. The van der Waals surface area contributed by atoms with Crippen molar-refractivity contribution in [1.29, 1.82) is 0 Å². The van der Waals surface area contributed by atoms with Crippen LogP contribution in [0.5, 0.6) is 11.5 Å². The molecule has 1 aliphatic heterocycles. The van der Waals surface area contributed by atoms with E-state index in [0.29, 0.717) is 51.4 Å². The van der Waals surface area contributed by atoms with Crippen LogP contribution in [-0.2, 0) is 10.1 Å². The molecular formula is C36H26Cl2N2Na2O8S. The predicted octanol–water partition coefficient (Wildman–Crippen LogP) is 1.56. The smallest absolute Gasteiger partial charge is 0.744 e. The molecule has 0 aromatic heterocycles. The first-order chi connectivity index (χ1) is 23.5. The third kappa shape index (κ3) is 8.94. The Bertz CT molecular complexity index is 2390. The molecular weight excluding hydrogens is 737 g/mol. The van der Waals surface area contributed by atoms with Gasteiger partial charge in [0.1, 0.15) is 33.0 Å². The normalized spacial score (nSPS) is 11.5. The fourth-order valence-corrected chi connectivity index (χ4v) is 6.58. The maximum Gasteiger partial charge on any atom is 1.00 e. The van der Waals surface area contributed by atoms with Gasteiger partial charge in [-0.25, -0.2) is 13.4 Å². The molecule has 10 nitrogen and oxygen atoms in total. The quantitative estimate of drug-likeness (QED) is 0.125. The first kappa shape index (κ1) is 40.7. The Hall–Kier alpha value is -3.07. The molecule has 0 atom stereocenters. The molecule has 0 saturated carbocycles. The number of carboxylic acids is 1. The van der Waals surface area contributed by atoms with E-state index in [1.165, 1.54) is 24.3 Å². The van der Waals surface area contributed by atoms with Gasteiger partial charge in [0.05, 0.1) is 45.8 Å². The van der Waals surface area contributed by atoms with E-state index in [4.69, 9.17) is 42.1 Å². The topological polar surface area (TPSA) is 153 Å². The van der Waals surface area contributed by atoms with E-state index in [1.54, 1.807) is 43.3 Å². The van der Waals surface area contributed by atoms with E-state index in [9.17, 15) is 22.9 Å². The SMILES string of the molecule is CCOc1ccc(N=c2ccc3c(-c4c(Cl)ccc(Cl)c4C(=O)[O-])c4ccc(Nc5ccc(OCC)cc5S(=O)(=O)[O-])cc4oc-3c2)cc1.[Na+].[Na+]. The van der Waals surface area contributed by atoms with E-state index in [1.807, 2.05) is 31.2 Å². The van der Waals surface area contributed by atoms with Crippen molar-refractivity contribution in [3.05, 3.63) is 112 Å². The largest absolute Gasteiger partial charge is 1.00 e. The third-order valence-corrected chi connectivity index (χ3v) is 8.99. The maximum absolute atomic E-state index is 12.4. The number of carbonyl (C=O) groups excluding carboxylic acids is 1. The summed E-state index contributed by atoms with van der Waals surface area (Å²) >= 11 is 13.0. The molecule has 250 valence electrons. The number of rotatable bonds is 10. The standard InChI is InChI=1S/C36H28Cl2N2O8S.2Na/c1-3-46-23-9-5-20(6-10-23)39-21-7-12-25-30(17-21)48-31-18-22(40-29-16-11-24(47-4-2)19-32(29)49(43,44)45)8-13-26(31)33(25)34-27(37)14-15-28(38)35(34)36(41)42;;/h5-19,40H,3-4H2,1-2H3,(H,41,42)(H,43,44,45);;/q;2*+1/p-2. The monoisotopic (exact) mass is 762 g/mol. The number of nitrogens with one attached hydrogen (secondary N) is 1. The number of benzene rings is 5. The average Bonchev–Trinajstić information content (AvgIpc) is 3.06. The van der Waals surface area contributed by atoms with Gasteiger partial charge in [-0.05, 0) is 92.7 Å². The molecule has 0 fully saturated rings. The van der Waals surface area contributed by atoms with Gasteiger partial charge >= 0.3 is 59.1 Å². The van der Waals surface area contributed by atoms with Gasteiger partial charge in [0, 0.05) is 50.5 Å². The van der Waals surface area contributed by atoms with Gasteiger partial charge in [-0.2, -0.15) is 0 Å². The average molecular weight is 764 g/mol. The van der Waals surface area contributed by atoms with E-state index < -0.39 is 21.0 Å². The van der Waals surface area contributed by atoms with Gasteiger partial charge in [0.15, 0.2) is 0 Å². The molecule has 0 spiro atoms. The molecule has 1 N–H and O–H groups in total. The molecule has 15 heteroatoms. The second kappa shape index (κ2) is 17.2. The Kier molecular flexibility index (Phi) is 13.7. The summed E-state index contributed by atoms with van der Waals surface area (Å²) in [7, 11) is -4.89. The van der Waals surface area contributed by atoms with Crippen LogP contribution >= 0.6 is 23.2 Å². The van der Waals surface area contributed by atoms with Crippen LogP contribution in [0.25, 0.3) is 33.4 Å². The zero-order valence-corrected chi connectivity index (χ0v) is 34.3. The van der Waals surface area contributed by atoms with Gasteiger partial charge in [0.2, 0.25) is 0 Å². The number of carboxylic acid groups (broad SMARTS) is 1. The van der Waals surface area contributed by atoms with Crippen LogP contribution < -0.4 is 84.4 Å². The number of ether oxygens (including phenoxy) is 2. The van der Waals surface area contributed by atoms with Gasteiger partial charge in [0.25, 0.3) is 0 Å². The number of carbonyl (C=O) groups is 1. The van der Waals surface area contributed by atoms with Crippen molar-refractivity contribution >= 4 is 67.3 Å². The molecule has 0 radical (unpaired) electrons. The second-order valence-corrected chi connectivity index (χ2v) is 12.8. The molecule has 2 aliphatic rings. The van der Waals surface area contributed by atoms with Crippen molar-refractivity contribution in [3.63, 3.8) is 0 Å². The number of halogens is 2. The van der Waals surface area contributed by atoms with Crippen LogP contribution in [0.3, 0.4) is 0 Å². The first-order valence-electron chi connectivity index (χ1n) is 14.9. The number of anilines is 2. The van der Waals surface area contributed by atoms with E-state index in [0.717, 1.165) is 6.07 Å². The zero-order valence-electron chi connectivity index (χ0n) is 28.0. The van der Waals surface area contributed by atoms with Crippen molar-refractivity contribution in [1.82, 2.24) is 0 Å². The van der Waals surface area contributed by atoms with Gasteiger partial charge < -0.3 is 33.7 Å².